The lowest BCUT2D eigenvalue weighted by molar-refractivity contribution is -0.185. The first-order valence-corrected chi connectivity index (χ1v) is 18.3. The van der Waals surface area contributed by atoms with Crippen molar-refractivity contribution in [1.29, 1.82) is 0 Å². The van der Waals surface area contributed by atoms with Crippen LogP contribution in [0.4, 0.5) is 4.79 Å². The lowest BCUT2D eigenvalue weighted by atomic mass is 9.47. The van der Waals surface area contributed by atoms with Gasteiger partial charge in [-0.25, -0.2) is 4.79 Å². The third kappa shape index (κ3) is 4.73. The first-order chi connectivity index (χ1) is 24.4. The molecule has 0 radical (unpaired) electrons. The van der Waals surface area contributed by atoms with E-state index in [1.54, 1.807) is 6.92 Å². The summed E-state index contributed by atoms with van der Waals surface area (Å²) in [5, 5.41) is 3.28. The minimum atomic E-state index is -0.990. The maximum atomic E-state index is 12.8. The van der Waals surface area contributed by atoms with Crippen molar-refractivity contribution < 1.29 is 43.0 Å². The van der Waals surface area contributed by atoms with Crippen LogP contribution in [0.2, 0.25) is 0 Å². The molecule has 0 bridgehead atoms. The summed E-state index contributed by atoms with van der Waals surface area (Å²) >= 11 is 0. The molecular weight excluding hydrogens is 668 g/mol. The van der Waals surface area contributed by atoms with Gasteiger partial charge in [0, 0.05) is 49.6 Å². The van der Waals surface area contributed by atoms with Crippen molar-refractivity contribution in [2.75, 3.05) is 20.3 Å². The van der Waals surface area contributed by atoms with E-state index in [2.05, 4.69) is 32.2 Å². The zero-order valence-electron chi connectivity index (χ0n) is 31.1. The molecule has 10 atom stereocenters. The van der Waals surface area contributed by atoms with Crippen LogP contribution in [0, 0.1) is 34.5 Å². The van der Waals surface area contributed by atoms with Crippen molar-refractivity contribution in [1.82, 2.24) is 10.2 Å². The van der Waals surface area contributed by atoms with Gasteiger partial charge >= 0.3 is 12.1 Å². The molecular formula is C39H50N4O9. The second-order valence-corrected chi connectivity index (χ2v) is 16.5. The smallest absolute Gasteiger partial charge is 0.404 e. The highest BCUT2D eigenvalue weighted by Gasteiger charge is 2.73. The van der Waals surface area contributed by atoms with Crippen molar-refractivity contribution in [2.45, 2.75) is 103 Å². The SMILES string of the molecule is CC(=O)O[C@]1(C(C)=O)CC[C@H]2[C@@H]3C=C(C)C4=CC(=O)CC[C@]4(C)[C@H]3CC[C@@]21C.CO[C@@]12[C@H](COC(N)=O)C3=C(C(=O)C(C)=C(N)C3=O)N1C[C@@H]1N[C@@H]12. The van der Waals surface area contributed by atoms with Crippen LogP contribution in [-0.2, 0) is 38.2 Å². The molecule has 5 aliphatic carbocycles. The van der Waals surface area contributed by atoms with E-state index in [4.69, 9.17) is 25.7 Å². The number of hydrogen-bond donors (Lipinski definition) is 3. The summed E-state index contributed by atoms with van der Waals surface area (Å²) in [7, 11) is 1.52. The van der Waals surface area contributed by atoms with Crippen LogP contribution in [0.5, 0.6) is 0 Å². The van der Waals surface area contributed by atoms with Crippen LogP contribution in [0.25, 0.3) is 0 Å². The average molecular weight is 719 g/mol. The normalized spacial score (nSPS) is 41.0. The molecule has 0 aromatic rings. The van der Waals surface area contributed by atoms with Gasteiger partial charge in [-0.15, -0.1) is 0 Å². The topological polar surface area (TPSA) is 207 Å². The van der Waals surface area contributed by atoms with Gasteiger partial charge in [0.05, 0.1) is 23.4 Å². The molecule has 2 saturated heterocycles. The number of fused-ring (bicyclic) bond motifs is 9. The highest BCUT2D eigenvalue weighted by atomic mass is 16.6. The van der Waals surface area contributed by atoms with Gasteiger partial charge in [0.15, 0.2) is 22.9 Å². The van der Waals surface area contributed by atoms with Crippen LogP contribution in [-0.4, -0.2) is 83.8 Å². The van der Waals surface area contributed by atoms with Gasteiger partial charge in [-0.1, -0.05) is 25.5 Å². The molecule has 1 amide bonds. The van der Waals surface area contributed by atoms with Gasteiger partial charge in [0.1, 0.15) is 6.61 Å². The molecule has 0 aromatic heterocycles. The number of allylic oxidation sites excluding steroid dienone is 6. The number of ketones is 4. The lowest BCUT2D eigenvalue weighted by Gasteiger charge is -2.58. The van der Waals surface area contributed by atoms with Gasteiger partial charge in [-0.05, 0) is 87.7 Å². The fourth-order valence-electron chi connectivity index (χ4n) is 11.8. The maximum Gasteiger partial charge on any atom is 0.404 e. The molecule has 8 aliphatic rings. The zero-order chi connectivity index (χ0) is 37.9. The number of methoxy groups -OCH3 is 1. The number of primary amides is 1. The predicted octanol–water partition coefficient (Wildman–Crippen LogP) is 2.92. The fourth-order valence-corrected chi connectivity index (χ4v) is 11.8. The number of piperazine rings is 1. The molecule has 0 aromatic carbocycles. The Balaban J connectivity index is 0.000000164. The molecule has 280 valence electrons. The average Bonchev–Trinajstić information content (AvgIpc) is 3.57. The van der Waals surface area contributed by atoms with Crippen LogP contribution >= 0.6 is 0 Å². The standard InChI is InChI=1S/C24H32O4.C15H18N4O5/c1-14-12-18-19(22(4)9-6-17(27)13-21(14)22)7-10-23(5)20(18)8-11-24(23,15(2)25)28-16(3)26;1-5-9(16)12(21)8-6(4-24-14(17)22)15(23-2)13-7(18-13)3-19(15)10(8)11(5)20/h12-13,18-20H,6-11H2,1-5H3;6-7,13,18H,3-4,16H2,1-2H3,(H2,17,22)/t18-,19+,20+,22-,23+,24+;6-,7+,13+,15-/m11/s1. The van der Waals surface area contributed by atoms with E-state index in [1.807, 2.05) is 11.0 Å². The molecule has 5 N–H and O–H groups in total. The number of nitrogens with zero attached hydrogens (tertiary/aromatic N) is 1. The van der Waals surface area contributed by atoms with Crippen LogP contribution in [0.15, 0.2) is 45.8 Å². The molecule has 8 rings (SSSR count). The number of Topliss-reactive ketones (excluding diaryl/α,β-unsaturated/α-hetero) is 3. The Morgan fingerprint density at radius 2 is 1.71 bits per heavy atom. The summed E-state index contributed by atoms with van der Waals surface area (Å²) in [5.41, 5.74) is 11.8. The van der Waals surface area contributed by atoms with E-state index in [0.29, 0.717) is 42.8 Å². The molecule has 0 unspecified atom stereocenters. The second kappa shape index (κ2) is 12.0. The van der Waals surface area contributed by atoms with Gasteiger partial charge in [0.2, 0.25) is 11.6 Å². The summed E-state index contributed by atoms with van der Waals surface area (Å²) in [6.07, 6.45) is 8.25. The summed E-state index contributed by atoms with van der Waals surface area (Å²) in [5.74, 6) is -0.311. The van der Waals surface area contributed by atoms with Crippen LogP contribution in [0.3, 0.4) is 0 Å². The van der Waals surface area contributed by atoms with E-state index in [0.717, 1.165) is 25.7 Å². The monoisotopic (exact) mass is 718 g/mol. The van der Waals surface area contributed by atoms with Gasteiger partial charge in [-0.3, -0.25) is 24.0 Å². The fraction of sp³-hybridized carbons (Fsp3) is 0.641. The molecule has 0 spiro atoms. The van der Waals surface area contributed by atoms with Gasteiger partial charge in [0.25, 0.3) is 0 Å². The summed E-state index contributed by atoms with van der Waals surface area (Å²) in [4.78, 5) is 75.2. The van der Waals surface area contributed by atoms with Crippen molar-refractivity contribution in [2.24, 2.45) is 46.0 Å². The number of hydrogen-bond acceptors (Lipinski definition) is 12. The lowest BCUT2D eigenvalue weighted by Crippen LogP contribution is -2.58. The third-order valence-electron chi connectivity index (χ3n) is 14.3. The van der Waals surface area contributed by atoms with E-state index >= 15 is 0 Å². The number of ether oxygens (including phenoxy) is 3. The molecule has 13 heteroatoms. The summed E-state index contributed by atoms with van der Waals surface area (Å²) in [6, 6.07) is 0.109. The number of carbonyl (C=O) groups excluding carboxylic acids is 6. The number of nitrogens with two attached hydrogens (primary N) is 2. The Morgan fingerprint density at radius 3 is 2.35 bits per heavy atom. The van der Waals surface area contributed by atoms with Crippen LogP contribution in [0.1, 0.15) is 80.1 Å². The Morgan fingerprint density at radius 1 is 1.02 bits per heavy atom. The van der Waals surface area contributed by atoms with Crippen LogP contribution < -0.4 is 16.8 Å². The Hall–Kier alpha value is -4.10. The summed E-state index contributed by atoms with van der Waals surface area (Å²) < 4.78 is 16.6. The quantitative estimate of drug-likeness (QED) is 0.213. The van der Waals surface area contributed by atoms with Crippen molar-refractivity contribution in [3.05, 3.63) is 45.8 Å². The van der Waals surface area contributed by atoms with E-state index in [1.165, 1.54) is 32.1 Å². The molecule has 13 nitrogen and oxygen atoms in total. The summed E-state index contributed by atoms with van der Waals surface area (Å²) in [6.45, 7) is 11.5. The number of amides is 1. The highest BCUT2D eigenvalue weighted by Crippen LogP contribution is 2.68. The zero-order valence-corrected chi connectivity index (χ0v) is 31.1. The van der Waals surface area contributed by atoms with Gasteiger partial charge < -0.3 is 35.9 Å². The number of esters is 1. The van der Waals surface area contributed by atoms with Crippen molar-refractivity contribution >= 4 is 35.2 Å². The van der Waals surface area contributed by atoms with E-state index in [9.17, 15) is 28.8 Å². The second-order valence-electron chi connectivity index (χ2n) is 16.5. The Kier molecular flexibility index (Phi) is 8.34. The molecule has 52 heavy (non-hydrogen) atoms. The first kappa shape index (κ1) is 36.3. The van der Waals surface area contributed by atoms with Crippen molar-refractivity contribution in [3.63, 3.8) is 0 Å². The molecule has 4 fully saturated rings. The van der Waals surface area contributed by atoms with Crippen molar-refractivity contribution in [3.8, 4) is 0 Å². The molecule has 3 aliphatic heterocycles. The largest absolute Gasteiger partial charge is 0.451 e. The maximum absolute atomic E-state index is 12.8. The predicted molar refractivity (Wildman–Crippen MR) is 187 cm³/mol. The molecule has 2 saturated carbocycles. The third-order valence-corrected chi connectivity index (χ3v) is 14.3. The van der Waals surface area contributed by atoms with E-state index < -0.39 is 29.1 Å². The number of nitrogens with one attached hydrogen (secondary N) is 1. The minimum Gasteiger partial charge on any atom is -0.451 e. The number of carbonyl (C=O) groups is 6. The molecule has 3 heterocycles. The van der Waals surface area contributed by atoms with E-state index in [-0.39, 0.29) is 69.7 Å². The Labute approximate surface area is 303 Å². The first-order valence-electron chi connectivity index (χ1n) is 18.3. The Bertz CT molecular complexity index is 1840. The number of rotatable bonds is 5. The van der Waals surface area contributed by atoms with Gasteiger partial charge in [-0.2, -0.15) is 0 Å². The minimum absolute atomic E-state index is 0.0160. The highest BCUT2D eigenvalue weighted by molar-refractivity contribution is 6.25.